The van der Waals surface area contributed by atoms with Crippen molar-refractivity contribution in [2.24, 2.45) is 0 Å². The second kappa shape index (κ2) is 13.2. The van der Waals surface area contributed by atoms with Gasteiger partial charge in [-0.05, 0) is 51.4 Å². The lowest BCUT2D eigenvalue weighted by molar-refractivity contribution is 0.301. The predicted molar refractivity (Wildman–Crippen MR) is 146 cm³/mol. The highest BCUT2D eigenvalue weighted by molar-refractivity contribution is 5.95. The predicted octanol–water partition coefficient (Wildman–Crippen LogP) is 2.82. The molecule has 2 aromatic heterocycles. The van der Waals surface area contributed by atoms with Gasteiger partial charge in [-0.25, -0.2) is 9.97 Å². The van der Waals surface area contributed by atoms with Crippen molar-refractivity contribution in [2.45, 2.75) is 65.2 Å². The first kappa shape index (κ1) is 26.6. The largest absolute Gasteiger partial charge is 0.395 e. The molecule has 2 aliphatic heterocycles. The van der Waals surface area contributed by atoms with Gasteiger partial charge in [-0.15, -0.1) is 0 Å². The number of fused-ring (bicyclic) bond motifs is 1. The van der Waals surface area contributed by atoms with Crippen molar-refractivity contribution >= 4 is 34.6 Å². The van der Waals surface area contributed by atoms with E-state index in [1.807, 2.05) is 0 Å². The summed E-state index contributed by atoms with van der Waals surface area (Å²) in [5.74, 6) is 3.04. The Hall–Kier alpha value is -2.46. The van der Waals surface area contributed by atoms with Crippen LogP contribution in [0.3, 0.4) is 0 Å². The third-order valence-corrected chi connectivity index (χ3v) is 7.09. The Labute approximate surface area is 215 Å². The van der Waals surface area contributed by atoms with Gasteiger partial charge in [0, 0.05) is 52.4 Å². The molecule has 0 spiro atoms. The van der Waals surface area contributed by atoms with Crippen molar-refractivity contribution in [2.75, 3.05) is 85.2 Å². The number of piperidine rings is 2. The lowest BCUT2D eigenvalue weighted by Gasteiger charge is -2.33. The Balaban J connectivity index is 1.94. The molecule has 2 aliphatic rings. The molecule has 36 heavy (non-hydrogen) atoms. The summed E-state index contributed by atoms with van der Waals surface area (Å²) in [6.07, 6.45) is 8.92. The van der Waals surface area contributed by atoms with E-state index in [4.69, 9.17) is 19.9 Å². The molecule has 10 heteroatoms. The van der Waals surface area contributed by atoms with E-state index in [-0.39, 0.29) is 13.2 Å². The van der Waals surface area contributed by atoms with Crippen LogP contribution in [0.15, 0.2) is 0 Å². The number of nitrogens with zero attached hydrogens (tertiary/aromatic N) is 8. The molecule has 200 valence electrons. The number of anilines is 4. The van der Waals surface area contributed by atoms with Crippen LogP contribution in [-0.2, 0) is 0 Å². The fourth-order valence-corrected chi connectivity index (χ4v) is 5.30. The van der Waals surface area contributed by atoms with Crippen molar-refractivity contribution in [3.8, 4) is 0 Å². The summed E-state index contributed by atoms with van der Waals surface area (Å²) in [6.45, 7) is 10.7. The maximum Gasteiger partial charge on any atom is 0.228 e. The Morgan fingerprint density at radius 2 is 0.972 bits per heavy atom. The minimum absolute atomic E-state index is 0.0575. The maximum absolute atomic E-state index is 9.75. The van der Waals surface area contributed by atoms with Gasteiger partial charge in [-0.3, -0.25) is 0 Å². The summed E-state index contributed by atoms with van der Waals surface area (Å²) in [6, 6.07) is 0. The summed E-state index contributed by atoms with van der Waals surface area (Å²) in [4.78, 5) is 29.2. The van der Waals surface area contributed by atoms with E-state index in [1.165, 1.54) is 12.8 Å². The molecule has 0 aliphatic carbocycles. The van der Waals surface area contributed by atoms with Crippen LogP contribution in [0.25, 0.3) is 11.0 Å². The third-order valence-electron chi connectivity index (χ3n) is 7.09. The van der Waals surface area contributed by atoms with Crippen LogP contribution in [0, 0.1) is 0 Å². The number of aliphatic hydroxyl groups excluding tert-OH is 2. The molecule has 4 heterocycles. The van der Waals surface area contributed by atoms with Crippen LogP contribution in [0.1, 0.15) is 65.2 Å². The Morgan fingerprint density at radius 3 is 1.31 bits per heavy atom. The highest BCUT2D eigenvalue weighted by Crippen LogP contribution is 2.34. The molecule has 2 fully saturated rings. The standard InChI is InChI=1S/C26H44N8O2/c1-3-11-33(17-19-35)25-27-21-22(23(29-25)31-13-7-5-8-14-31)28-26(34(12-4-2)18-20-36)30-24(21)32-15-9-6-10-16-32/h35-36H,3-20H2,1-2H3. The first-order valence-electron chi connectivity index (χ1n) is 14.0. The topological polar surface area (TPSA) is 105 Å². The van der Waals surface area contributed by atoms with Crippen molar-refractivity contribution in [3.63, 3.8) is 0 Å². The summed E-state index contributed by atoms with van der Waals surface area (Å²) in [7, 11) is 0. The molecule has 0 bridgehead atoms. The second-order valence-electron chi connectivity index (χ2n) is 9.91. The lowest BCUT2D eigenvalue weighted by Crippen LogP contribution is -2.35. The number of hydrogen-bond acceptors (Lipinski definition) is 10. The van der Waals surface area contributed by atoms with E-state index in [9.17, 15) is 10.2 Å². The van der Waals surface area contributed by atoms with Crippen LogP contribution >= 0.6 is 0 Å². The van der Waals surface area contributed by atoms with Crippen LogP contribution < -0.4 is 19.6 Å². The molecule has 0 radical (unpaired) electrons. The maximum atomic E-state index is 9.75. The summed E-state index contributed by atoms with van der Waals surface area (Å²) in [5, 5.41) is 19.5. The zero-order valence-corrected chi connectivity index (χ0v) is 22.2. The van der Waals surface area contributed by atoms with Crippen molar-refractivity contribution in [3.05, 3.63) is 0 Å². The van der Waals surface area contributed by atoms with Crippen LogP contribution in [-0.4, -0.2) is 95.7 Å². The fourth-order valence-electron chi connectivity index (χ4n) is 5.30. The van der Waals surface area contributed by atoms with Crippen LogP contribution in [0.5, 0.6) is 0 Å². The number of aromatic nitrogens is 4. The van der Waals surface area contributed by atoms with Gasteiger partial charge in [0.1, 0.15) is 11.0 Å². The van der Waals surface area contributed by atoms with E-state index < -0.39 is 0 Å². The molecule has 2 aromatic rings. The van der Waals surface area contributed by atoms with Gasteiger partial charge >= 0.3 is 0 Å². The monoisotopic (exact) mass is 500 g/mol. The summed E-state index contributed by atoms with van der Waals surface area (Å²) in [5.41, 5.74) is 1.59. The van der Waals surface area contributed by atoms with E-state index in [2.05, 4.69) is 33.4 Å². The van der Waals surface area contributed by atoms with Gasteiger partial charge in [-0.2, -0.15) is 9.97 Å². The smallest absolute Gasteiger partial charge is 0.228 e. The molecule has 0 unspecified atom stereocenters. The normalized spacial score (nSPS) is 16.6. The van der Waals surface area contributed by atoms with Gasteiger partial charge in [0.15, 0.2) is 11.6 Å². The number of rotatable bonds is 12. The number of aliphatic hydroxyl groups is 2. The van der Waals surface area contributed by atoms with Gasteiger partial charge in [0.25, 0.3) is 0 Å². The molecule has 10 nitrogen and oxygen atoms in total. The molecule has 0 amide bonds. The second-order valence-corrected chi connectivity index (χ2v) is 9.91. The van der Waals surface area contributed by atoms with E-state index >= 15 is 0 Å². The lowest BCUT2D eigenvalue weighted by atomic mass is 10.1. The number of hydrogen-bond donors (Lipinski definition) is 2. The highest BCUT2D eigenvalue weighted by atomic mass is 16.3. The fraction of sp³-hybridized carbons (Fsp3) is 0.769. The van der Waals surface area contributed by atoms with Crippen LogP contribution in [0.2, 0.25) is 0 Å². The Morgan fingerprint density at radius 1 is 0.583 bits per heavy atom. The minimum Gasteiger partial charge on any atom is -0.395 e. The van der Waals surface area contributed by atoms with Crippen molar-refractivity contribution in [1.82, 2.24) is 19.9 Å². The molecular formula is C26H44N8O2. The first-order valence-corrected chi connectivity index (χ1v) is 14.0. The first-order chi connectivity index (χ1) is 17.7. The highest BCUT2D eigenvalue weighted by Gasteiger charge is 2.27. The van der Waals surface area contributed by atoms with E-state index in [0.29, 0.717) is 25.0 Å². The van der Waals surface area contributed by atoms with Gasteiger partial charge in [-0.1, -0.05) is 13.8 Å². The molecule has 0 aromatic carbocycles. The minimum atomic E-state index is 0.0575. The molecule has 4 rings (SSSR count). The summed E-state index contributed by atoms with van der Waals surface area (Å²) >= 11 is 0. The van der Waals surface area contributed by atoms with E-state index in [1.54, 1.807) is 0 Å². The molecule has 0 atom stereocenters. The Kier molecular flexibility index (Phi) is 9.75. The molecule has 0 saturated carbocycles. The quantitative estimate of drug-likeness (QED) is 0.452. The summed E-state index contributed by atoms with van der Waals surface area (Å²) < 4.78 is 0. The molecule has 2 N–H and O–H groups in total. The zero-order chi connectivity index (χ0) is 25.3. The average Bonchev–Trinajstić information content (AvgIpc) is 2.92. The zero-order valence-electron chi connectivity index (χ0n) is 22.2. The van der Waals surface area contributed by atoms with Gasteiger partial charge in [0.05, 0.1) is 13.2 Å². The third kappa shape index (κ3) is 6.08. The van der Waals surface area contributed by atoms with Crippen molar-refractivity contribution in [1.29, 1.82) is 0 Å². The van der Waals surface area contributed by atoms with Gasteiger partial charge in [0.2, 0.25) is 11.9 Å². The van der Waals surface area contributed by atoms with Crippen molar-refractivity contribution < 1.29 is 10.2 Å². The SMILES string of the molecule is CCCN(CCO)c1nc(N2CCCCC2)c2nc(N(CCC)CCO)nc(N3CCCCC3)c2n1. The van der Waals surface area contributed by atoms with Gasteiger partial charge < -0.3 is 29.8 Å². The van der Waals surface area contributed by atoms with Crippen LogP contribution in [0.4, 0.5) is 23.5 Å². The molecular weight excluding hydrogens is 456 g/mol. The molecule has 2 saturated heterocycles. The van der Waals surface area contributed by atoms with E-state index in [0.717, 1.165) is 100 Å². The average molecular weight is 501 g/mol. The Bertz CT molecular complexity index is 873.